The molecular weight excluding hydrogens is 694 g/mol. The number of aromatic nitrogens is 2. The third-order valence-corrected chi connectivity index (χ3v) is 8.79. The normalized spacial score (nSPS) is 14.8. The van der Waals surface area contributed by atoms with Crippen LogP contribution in [0.3, 0.4) is 0 Å². The maximum absolute atomic E-state index is 14.8. The second kappa shape index (κ2) is 19.8. The van der Waals surface area contributed by atoms with E-state index >= 15 is 0 Å². The highest BCUT2D eigenvalue weighted by molar-refractivity contribution is 6.11. The van der Waals surface area contributed by atoms with Crippen molar-refractivity contribution in [2.45, 2.75) is 116 Å². The summed E-state index contributed by atoms with van der Waals surface area (Å²) in [5.41, 5.74) is 4.11. The van der Waals surface area contributed by atoms with Crippen LogP contribution in [0.2, 0.25) is 0 Å². The summed E-state index contributed by atoms with van der Waals surface area (Å²) in [5, 5.41) is 13.8. The summed E-state index contributed by atoms with van der Waals surface area (Å²) < 4.78 is 12.9. The number of nitrogens with zero attached hydrogens (tertiary/aromatic N) is 3. The van der Waals surface area contributed by atoms with Crippen molar-refractivity contribution in [2.24, 2.45) is 18.7 Å². The van der Waals surface area contributed by atoms with Gasteiger partial charge in [0.25, 0.3) is 17.4 Å². The fraction of sp³-hybridized carbons (Fsp3) is 0.500. The number of esters is 2. The third kappa shape index (κ3) is 12.2. The number of hydrogen-bond acceptors (Lipinski definition) is 11. The van der Waals surface area contributed by atoms with Gasteiger partial charge in [-0.25, -0.2) is 19.4 Å². The number of hydrogen-bond donors (Lipinski definition) is 3. The van der Waals surface area contributed by atoms with Crippen molar-refractivity contribution in [3.8, 4) is 0 Å². The standard InChI is InChI=1S/C40H55N5O9/c1-8-9-16-27(2)33(46)22-34(47)54-45(35(48)32(41)21-31-24-42-26-44(31)7)40(38(51)53-39(4,5)6,23-29-17-12-10-13-18-29)37(50)43-28(3)36(49)52-25-30-19-14-11-15-20-30/h10-15,17-20,24,26-28,32-33,46H,8-9,16,21-23,25,41H2,1-7H3,(H,43,50)/t27-,28-,32-,33-,40-/m0/s1. The van der Waals surface area contributed by atoms with Gasteiger partial charge in [0.1, 0.15) is 18.2 Å². The first kappa shape index (κ1) is 43.3. The molecule has 0 radical (unpaired) electrons. The van der Waals surface area contributed by atoms with Crippen molar-refractivity contribution in [3.63, 3.8) is 0 Å². The minimum Gasteiger partial charge on any atom is -0.459 e. The van der Waals surface area contributed by atoms with Gasteiger partial charge in [-0.05, 0) is 51.2 Å². The van der Waals surface area contributed by atoms with Crippen LogP contribution in [0, 0.1) is 5.92 Å². The number of aliphatic hydroxyl groups is 1. The highest BCUT2D eigenvalue weighted by atomic mass is 16.7. The number of carbonyl (C=O) groups excluding carboxylic acids is 5. The van der Waals surface area contributed by atoms with E-state index in [0.29, 0.717) is 28.3 Å². The molecule has 0 aliphatic carbocycles. The van der Waals surface area contributed by atoms with E-state index in [9.17, 15) is 29.1 Å². The Morgan fingerprint density at radius 2 is 1.59 bits per heavy atom. The van der Waals surface area contributed by atoms with Gasteiger partial charge in [0.05, 0.1) is 24.9 Å². The van der Waals surface area contributed by atoms with E-state index in [4.69, 9.17) is 20.0 Å². The number of carbonyl (C=O) groups is 5. The fourth-order valence-corrected chi connectivity index (χ4v) is 5.56. The van der Waals surface area contributed by atoms with Gasteiger partial charge in [-0.3, -0.25) is 9.59 Å². The van der Waals surface area contributed by atoms with Crippen molar-refractivity contribution in [1.29, 1.82) is 0 Å². The van der Waals surface area contributed by atoms with Gasteiger partial charge in [-0.2, -0.15) is 0 Å². The van der Waals surface area contributed by atoms with E-state index < -0.39 is 71.9 Å². The lowest BCUT2D eigenvalue weighted by Gasteiger charge is -2.41. The number of unbranched alkanes of at least 4 members (excludes halogenated alkanes) is 1. The number of aryl methyl sites for hydroxylation is 1. The van der Waals surface area contributed by atoms with Gasteiger partial charge in [0.2, 0.25) is 0 Å². The van der Waals surface area contributed by atoms with Crippen LogP contribution in [-0.2, 0) is 64.8 Å². The molecule has 3 rings (SSSR count). The minimum absolute atomic E-state index is 0.0921. The molecule has 2 aromatic carbocycles. The first-order valence-electron chi connectivity index (χ1n) is 18.2. The Morgan fingerprint density at radius 1 is 0.981 bits per heavy atom. The quantitative estimate of drug-likeness (QED) is 0.0976. The number of nitrogens with one attached hydrogen (secondary N) is 1. The number of hydroxylamine groups is 2. The summed E-state index contributed by atoms with van der Waals surface area (Å²) in [7, 11) is 1.70. The maximum Gasteiger partial charge on any atom is 0.346 e. The molecule has 54 heavy (non-hydrogen) atoms. The van der Waals surface area contributed by atoms with Crippen LogP contribution in [0.25, 0.3) is 0 Å². The largest absolute Gasteiger partial charge is 0.459 e. The van der Waals surface area contributed by atoms with Crippen molar-refractivity contribution in [1.82, 2.24) is 19.9 Å². The van der Waals surface area contributed by atoms with Crippen molar-refractivity contribution < 1.29 is 43.4 Å². The summed E-state index contributed by atoms with van der Waals surface area (Å²) in [6.07, 6.45) is 2.91. The topological polar surface area (TPSA) is 192 Å². The molecule has 1 aromatic heterocycles. The zero-order valence-electron chi connectivity index (χ0n) is 32.3. The summed E-state index contributed by atoms with van der Waals surface area (Å²) >= 11 is 0. The van der Waals surface area contributed by atoms with E-state index in [1.807, 2.05) is 13.0 Å². The van der Waals surface area contributed by atoms with Crippen molar-refractivity contribution >= 4 is 29.7 Å². The molecule has 294 valence electrons. The zero-order valence-corrected chi connectivity index (χ0v) is 32.3. The predicted molar refractivity (Wildman–Crippen MR) is 200 cm³/mol. The van der Waals surface area contributed by atoms with Gasteiger partial charge in [0, 0.05) is 31.8 Å². The van der Waals surface area contributed by atoms with Crippen LogP contribution in [0.5, 0.6) is 0 Å². The van der Waals surface area contributed by atoms with Crippen LogP contribution in [0.4, 0.5) is 0 Å². The second-order valence-corrected chi connectivity index (χ2v) is 14.6. The van der Waals surface area contributed by atoms with E-state index in [-0.39, 0.29) is 18.9 Å². The Hall–Kier alpha value is -5.08. The molecule has 0 unspecified atom stereocenters. The SMILES string of the molecule is CCCC[C@H](C)[C@@H](O)CC(=O)ON(C(=O)[C@@H](N)Cc1cncn1C)[C@@](Cc1ccccc1)(C(=O)N[C@@H](C)C(=O)OCc1ccccc1)C(=O)OC(C)(C)C. The van der Waals surface area contributed by atoms with Gasteiger partial charge >= 0.3 is 17.9 Å². The molecule has 14 nitrogen and oxygen atoms in total. The van der Waals surface area contributed by atoms with Crippen LogP contribution in [0.1, 0.15) is 84.0 Å². The number of nitrogens with two attached hydrogens (primary N) is 1. The molecule has 14 heteroatoms. The van der Waals surface area contributed by atoms with E-state index in [0.717, 1.165) is 12.8 Å². The molecule has 3 aromatic rings. The molecule has 5 atom stereocenters. The lowest BCUT2D eigenvalue weighted by atomic mass is 9.87. The van der Waals surface area contributed by atoms with Crippen LogP contribution < -0.4 is 11.1 Å². The number of rotatable bonds is 18. The molecule has 0 spiro atoms. The molecule has 0 fully saturated rings. The summed E-state index contributed by atoms with van der Waals surface area (Å²) in [4.78, 5) is 80.9. The first-order valence-corrected chi connectivity index (χ1v) is 18.2. The van der Waals surface area contributed by atoms with Crippen LogP contribution in [-0.4, -0.2) is 78.8 Å². The van der Waals surface area contributed by atoms with Crippen LogP contribution in [0.15, 0.2) is 73.2 Å². The number of ether oxygens (including phenoxy) is 2. The number of imidazole rings is 1. The number of amides is 2. The molecular formula is C40H55N5O9. The van der Waals surface area contributed by atoms with E-state index in [2.05, 4.69) is 10.3 Å². The Balaban J connectivity index is 2.16. The van der Waals surface area contributed by atoms with Gasteiger partial charge < -0.3 is 35.0 Å². The molecule has 0 saturated carbocycles. The lowest BCUT2D eigenvalue weighted by molar-refractivity contribution is -0.232. The van der Waals surface area contributed by atoms with E-state index in [1.54, 1.807) is 93.9 Å². The fourth-order valence-electron chi connectivity index (χ4n) is 5.56. The van der Waals surface area contributed by atoms with Gasteiger partial charge in [-0.1, -0.05) is 87.4 Å². The molecule has 2 amide bonds. The molecule has 0 aliphatic heterocycles. The van der Waals surface area contributed by atoms with Gasteiger partial charge in [0.15, 0.2) is 0 Å². The smallest absolute Gasteiger partial charge is 0.346 e. The molecule has 1 heterocycles. The monoisotopic (exact) mass is 749 g/mol. The number of aliphatic hydroxyl groups excluding tert-OH is 1. The molecule has 0 bridgehead atoms. The molecule has 0 saturated heterocycles. The Morgan fingerprint density at radius 3 is 2.15 bits per heavy atom. The molecule has 0 aliphatic rings. The zero-order chi connectivity index (χ0) is 40.1. The van der Waals surface area contributed by atoms with E-state index in [1.165, 1.54) is 19.4 Å². The maximum atomic E-state index is 14.8. The summed E-state index contributed by atoms with van der Waals surface area (Å²) in [6, 6.07) is 14.4. The van der Waals surface area contributed by atoms with Gasteiger partial charge in [-0.15, -0.1) is 5.06 Å². The third-order valence-electron chi connectivity index (χ3n) is 8.79. The Bertz CT molecular complexity index is 1690. The minimum atomic E-state index is -2.78. The Labute approximate surface area is 317 Å². The highest BCUT2D eigenvalue weighted by Crippen LogP contribution is 2.30. The van der Waals surface area contributed by atoms with Crippen LogP contribution >= 0.6 is 0 Å². The van der Waals surface area contributed by atoms with Crippen molar-refractivity contribution in [3.05, 3.63) is 90.0 Å². The van der Waals surface area contributed by atoms with Crippen molar-refractivity contribution in [2.75, 3.05) is 0 Å². The average molecular weight is 750 g/mol. The molecule has 4 N–H and O–H groups in total. The lowest BCUT2D eigenvalue weighted by Crippen LogP contribution is -2.70. The highest BCUT2D eigenvalue weighted by Gasteiger charge is 2.59. The summed E-state index contributed by atoms with van der Waals surface area (Å²) in [5.74, 6) is -5.82. The average Bonchev–Trinajstić information content (AvgIpc) is 3.53. The Kier molecular flexibility index (Phi) is 15.9. The number of benzene rings is 2. The predicted octanol–water partition coefficient (Wildman–Crippen LogP) is 3.73. The summed E-state index contributed by atoms with van der Waals surface area (Å²) in [6.45, 7) is 9.76. The second-order valence-electron chi connectivity index (χ2n) is 14.6. The first-order chi connectivity index (χ1) is 25.5.